The maximum atomic E-state index is 5.11. The van der Waals surface area contributed by atoms with Gasteiger partial charge in [-0.15, -0.1) is 0 Å². The first-order valence-corrected chi connectivity index (χ1v) is 5.08. The Bertz CT molecular complexity index is 432. The molecule has 1 N–H and O–H groups in total. The number of aryl methyl sites for hydroxylation is 1. The fourth-order valence-corrected chi connectivity index (χ4v) is 1.71. The smallest absolute Gasteiger partial charge is 0.0981 e. The van der Waals surface area contributed by atoms with Crippen molar-refractivity contribution in [3.8, 4) is 11.1 Å². The van der Waals surface area contributed by atoms with Gasteiger partial charge in [-0.3, -0.25) is 0 Å². The van der Waals surface area contributed by atoms with Crippen LogP contribution in [0.5, 0.6) is 0 Å². The van der Waals surface area contributed by atoms with Gasteiger partial charge in [0.25, 0.3) is 0 Å². The molecule has 0 aliphatic carbocycles. The summed E-state index contributed by atoms with van der Waals surface area (Å²) in [5.74, 6) is 0. The lowest BCUT2D eigenvalue weighted by molar-refractivity contribution is 0.568. The van der Waals surface area contributed by atoms with Crippen molar-refractivity contribution >= 4 is 0 Å². The van der Waals surface area contributed by atoms with Gasteiger partial charge >= 0.3 is 0 Å². The minimum absolute atomic E-state index is 0.894. The van der Waals surface area contributed by atoms with Gasteiger partial charge in [0.05, 0.1) is 12.5 Å². The maximum Gasteiger partial charge on any atom is 0.0981 e. The Labute approximate surface area is 89.9 Å². The van der Waals surface area contributed by atoms with Gasteiger partial charge in [-0.2, -0.15) is 0 Å². The van der Waals surface area contributed by atoms with Crippen LogP contribution in [0.2, 0.25) is 0 Å². The molecular formula is C13H15NO. The molecule has 2 rings (SSSR count). The van der Waals surface area contributed by atoms with E-state index < -0.39 is 0 Å². The average molecular weight is 201 g/mol. The van der Waals surface area contributed by atoms with Crippen LogP contribution in [0.3, 0.4) is 0 Å². The van der Waals surface area contributed by atoms with Gasteiger partial charge in [0, 0.05) is 12.1 Å². The van der Waals surface area contributed by atoms with Crippen LogP contribution in [0, 0.1) is 6.92 Å². The number of rotatable bonds is 3. The number of benzene rings is 1. The molecular weight excluding hydrogens is 186 g/mol. The van der Waals surface area contributed by atoms with Crippen molar-refractivity contribution in [3.63, 3.8) is 0 Å². The molecule has 0 saturated heterocycles. The fraction of sp³-hybridized carbons (Fsp3) is 0.231. The second-order valence-corrected chi connectivity index (χ2v) is 3.69. The summed E-state index contributed by atoms with van der Waals surface area (Å²) < 4.78 is 5.11. The molecule has 2 aromatic rings. The molecule has 0 aliphatic heterocycles. The Balaban J connectivity index is 2.41. The summed E-state index contributed by atoms with van der Waals surface area (Å²) in [6.07, 6.45) is 3.49. The molecule has 0 spiro atoms. The first-order chi connectivity index (χ1) is 7.31. The first-order valence-electron chi connectivity index (χ1n) is 5.08. The summed E-state index contributed by atoms with van der Waals surface area (Å²) in [5, 5.41) is 3.15. The Hall–Kier alpha value is -1.54. The third kappa shape index (κ3) is 2.10. The van der Waals surface area contributed by atoms with Crippen molar-refractivity contribution in [3.05, 3.63) is 47.9 Å². The van der Waals surface area contributed by atoms with Gasteiger partial charge in [0.2, 0.25) is 0 Å². The van der Waals surface area contributed by atoms with Crippen LogP contribution in [0.15, 0.2) is 41.2 Å². The lowest BCUT2D eigenvalue weighted by Crippen LogP contribution is -2.05. The van der Waals surface area contributed by atoms with Gasteiger partial charge in [0.15, 0.2) is 0 Å². The minimum atomic E-state index is 0.894. The van der Waals surface area contributed by atoms with E-state index in [1.165, 1.54) is 16.7 Å². The average Bonchev–Trinajstić information content (AvgIpc) is 2.74. The van der Waals surface area contributed by atoms with Crippen molar-refractivity contribution < 1.29 is 4.42 Å². The largest absolute Gasteiger partial charge is 0.472 e. The van der Waals surface area contributed by atoms with Gasteiger partial charge in [-0.05, 0) is 42.8 Å². The lowest BCUT2D eigenvalue weighted by Gasteiger charge is -2.06. The third-order valence-electron chi connectivity index (χ3n) is 2.52. The van der Waals surface area contributed by atoms with Gasteiger partial charge < -0.3 is 9.73 Å². The summed E-state index contributed by atoms with van der Waals surface area (Å²) in [4.78, 5) is 0. The van der Waals surface area contributed by atoms with E-state index in [9.17, 15) is 0 Å². The van der Waals surface area contributed by atoms with E-state index in [1.807, 2.05) is 13.1 Å². The molecule has 0 amide bonds. The highest BCUT2D eigenvalue weighted by Crippen LogP contribution is 2.24. The predicted octanol–water partition coefficient (Wildman–Crippen LogP) is 2.97. The normalized spacial score (nSPS) is 10.5. The molecule has 0 saturated carbocycles. The number of furan rings is 1. The van der Waals surface area contributed by atoms with Crippen LogP contribution in [-0.2, 0) is 6.54 Å². The standard InChI is InChI=1S/C13H15NO/c1-10-3-4-11(8-14-2)7-13(10)12-5-6-15-9-12/h3-7,9,14H,8H2,1-2H3. The van der Waals surface area contributed by atoms with Crippen LogP contribution in [0.4, 0.5) is 0 Å². The molecule has 1 aromatic heterocycles. The minimum Gasteiger partial charge on any atom is -0.472 e. The molecule has 0 unspecified atom stereocenters. The molecule has 15 heavy (non-hydrogen) atoms. The van der Waals surface area contributed by atoms with E-state index in [4.69, 9.17) is 4.42 Å². The van der Waals surface area contributed by atoms with Gasteiger partial charge in [-0.1, -0.05) is 12.1 Å². The Morgan fingerprint density at radius 1 is 1.27 bits per heavy atom. The second kappa shape index (κ2) is 4.32. The zero-order valence-electron chi connectivity index (χ0n) is 9.08. The first kappa shape index (κ1) is 9.99. The van der Waals surface area contributed by atoms with E-state index in [1.54, 1.807) is 12.5 Å². The molecule has 0 atom stereocenters. The highest BCUT2D eigenvalue weighted by Gasteiger charge is 2.03. The number of hydrogen-bond donors (Lipinski definition) is 1. The van der Waals surface area contributed by atoms with E-state index in [2.05, 4.69) is 30.4 Å². The van der Waals surface area contributed by atoms with Crippen LogP contribution < -0.4 is 5.32 Å². The van der Waals surface area contributed by atoms with Crippen molar-refractivity contribution in [1.82, 2.24) is 5.32 Å². The van der Waals surface area contributed by atoms with Gasteiger partial charge in [-0.25, -0.2) is 0 Å². The molecule has 1 aromatic carbocycles. The summed E-state index contributed by atoms with van der Waals surface area (Å²) in [5.41, 5.74) is 4.96. The van der Waals surface area contributed by atoms with E-state index >= 15 is 0 Å². The molecule has 2 heteroatoms. The van der Waals surface area contributed by atoms with E-state index in [0.29, 0.717) is 0 Å². The van der Waals surface area contributed by atoms with Crippen molar-refractivity contribution in [2.45, 2.75) is 13.5 Å². The molecule has 78 valence electrons. The van der Waals surface area contributed by atoms with Crippen molar-refractivity contribution in [1.29, 1.82) is 0 Å². The number of hydrogen-bond acceptors (Lipinski definition) is 2. The maximum absolute atomic E-state index is 5.11. The van der Waals surface area contributed by atoms with Crippen LogP contribution in [0.25, 0.3) is 11.1 Å². The van der Waals surface area contributed by atoms with Crippen LogP contribution >= 0.6 is 0 Å². The third-order valence-corrected chi connectivity index (χ3v) is 2.52. The Morgan fingerprint density at radius 2 is 2.13 bits per heavy atom. The highest BCUT2D eigenvalue weighted by atomic mass is 16.3. The Kier molecular flexibility index (Phi) is 2.88. The summed E-state index contributed by atoms with van der Waals surface area (Å²) >= 11 is 0. The molecule has 2 nitrogen and oxygen atoms in total. The monoisotopic (exact) mass is 201 g/mol. The van der Waals surface area contributed by atoms with E-state index in [0.717, 1.165) is 12.1 Å². The number of nitrogens with one attached hydrogen (secondary N) is 1. The molecule has 0 aliphatic rings. The molecule has 0 fully saturated rings. The fourth-order valence-electron chi connectivity index (χ4n) is 1.71. The molecule has 0 bridgehead atoms. The van der Waals surface area contributed by atoms with Crippen LogP contribution in [0.1, 0.15) is 11.1 Å². The predicted molar refractivity (Wildman–Crippen MR) is 61.6 cm³/mol. The second-order valence-electron chi connectivity index (χ2n) is 3.69. The summed E-state index contributed by atoms with van der Waals surface area (Å²) in [7, 11) is 1.96. The Morgan fingerprint density at radius 3 is 2.80 bits per heavy atom. The zero-order valence-corrected chi connectivity index (χ0v) is 9.08. The zero-order chi connectivity index (χ0) is 10.7. The van der Waals surface area contributed by atoms with E-state index in [-0.39, 0.29) is 0 Å². The molecule has 0 radical (unpaired) electrons. The summed E-state index contributed by atoms with van der Waals surface area (Å²) in [6.45, 7) is 3.01. The summed E-state index contributed by atoms with van der Waals surface area (Å²) in [6, 6.07) is 8.49. The van der Waals surface area contributed by atoms with Crippen LogP contribution in [-0.4, -0.2) is 7.05 Å². The lowest BCUT2D eigenvalue weighted by atomic mass is 10.0. The van der Waals surface area contributed by atoms with Crippen molar-refractivity contribution in [2.24, 2.45) is 0 Å². The van der Waals surface area contributed by atoms with Gasteiger partial charge in [0.1, 0.15) is 0 Å². The molecule has 1 heterocycles. The highest BCUT2D eigenvalue weighted by molar-refractivity contribution is 5.66. The quantitative estimate of drug-likeness (QED) is 0.825. The SMILES string of the molecule is CNCc1ccc(C)c(-c2ccoc2)c1. The topological polar surface area (TPSA) is 25.2 Å². The van der Waals surface area contributed by atoms with Crippen molar-refractivity contribution in [2.75, 3.05) is 7.05 Å².